The molecule has 0 aromatic heterocycles. The van der Waals surface area contributed by atoms with Crippen molar-refractivity contribution in [1.82, 2.24) is 0 Å². The zero-order valence-electron chi connectivity index (χ0n) is 43.5. The van der Waals surface area contributed by atoms with Crippen molar-refractivity contribution in [3.05, 3.63) is 106 Å². The van der Waals surface area contributed by atoms with Crippen molar-refractivity contribution in [2.75, 3.05) is 31.2 Å². The Bertz CT molecular complexity index is 2340. The van der Waals surface area contributed by atoms with Crippen molar-refractivity contribution in [2.45, 2.75) is 200 Å². The number of rotatable bonds is 34. The van der Waals surface area contributed by atoms with Crippen molar-refractivity contribution in [1.29, 1.82) is 10.5 Å². The minimum absolute atomic E-state index is 0.0704. The molecular weight excluding hydrogens is 855 g/mol. The molecule has 0 radical (unpaired) electrons. The second-order valence-corrected chi connectivity index (χ2v) is 19.7. The average Bonchev–Trinajstić information content (AvgIpc) is 3.36. The van der Waals surface area contributed by atoms with Crippen molar-refractivity contribution >= 4 is 22.5 Å². The van der Waals surface area contributed by atoms with Gasteiger partial charge in [-0.3, -0.25) is 0 Å². The van der Waals surface area contributed by atoms with Crippen LogP contribution in [0.5, 0.6) is 11.5 Å². The smallest absolute Gasteiger partial charge is 0.136 e. The largest absolute Gasteiger partial charge is 0.492 e. The lowest BCUT2D eigenvalue weighted by atomic mass is 10.0. The van der Waals surface area contributed by atoms with Gasteiger partial charge in [0.2, 0.25) is 0 Å². The molecule has 4 aromatic rings. The van der Waals surface area contributed by atoms with Gasteiger partial charge in [-0.2, -0.15) is 10.5 Å². The first kappa shape index (κ1) is 55.3. The van der Waals surface area contributed by atoms with Crippen LogP contribution in [0.3, 0.4) is 0 Å². The first-order chi connectivity index (χ1) is 34.6. The fourth-order valence-electron chi connectivity index (χ4n) is 9.23. The summed E-state index contributed by atoms with van der Waals surface area (Å²) < 4.78 is 13.2. The van der Waals surface area contributed by atoms with Crippen LogP contribution in [0.1, 0.15) is 228 Å². The van der Waals surface area contributed by atoms with Crippen LogP contribution in [0.2, 0.25) is 0 Å². The maximum atomic E-state index is 9.24. The molecule has 0 unspecified atom stereocenters. The minimum Gasteiger partial charge on any atom is -0.492 e. The third-order valence-corrected chi connectivity index (χ3v) is 13.8. The van der Waals surface area contributed by atoms with Crippen LogP contribution in [-0.2, 0) is 0 Å². The molecule has 1 aliphatic rings. The Hall–Kier alpha value is -5.62. The predicted octanol–water partition coefficient (Wildman–Crippen LogP) is 18.0. The number of unbranched alkanes of at least 4 members (excludes halogenated alkanes) is 26. The molecule has 1 saturated heterocycles. The van der Waals surface area contributed by atoms with E-state index in [4.69, 9.17) is 9.47 Å². The zero-order chi connectivity index (χ0) is 49.1. The molecule has 0 spiro atoms. The monoisotopic (exact) mass is 940 g/mol. The van der Waals surface area contributed by atoms with E-state index in [2.05, 4.69) is 78.8 Å². The van der Waals surface area contributed by atoms with Crippen molar-refractivity contribution in [3.8, 4) is 47.3 Å². The molecule has 5 rings (SSSR count). The standard InChI is InChI=1S/C65H85N3O2/c1-3-5-7-9-11-13-15-17-19-21-23-25-27-29-46-69-64-52-62(41-38-57-37-39-60-50-63(68-44-31-45-68)43-42-59(60)49-57)65(70-47-30-28-26-24-22-20-18-16-14-12-10-8-6-4-2)51-61(64)40-36-55-32-34-56(35-33-55)48-58(53-66)54-67/h32-35,37,39,42-43,48-52H,3-31,44-47H2,1-2H3. The number of allylic oxidation sites excluding steroid dienone is 1. The Morgan fingerprint density at radius 1 is 0.457 bits per heavy atom. The highest BCUT2D eigenvalue weighted by atomic mass is 16.5. The van der Waals surface area contributed by atoms with Gasteiger partial charge in [0.25, 0.3) is 0 Å². The van der Waals surface area contributed by atoms with Crippen molar-refractivity contribution < 1.29 is 9.47 Å². The van der Waals surface area contributed by atoms with Crippen LogP contribution in [0, 0.1) is 46.3 Å². The van der Waals surface area contributed by atoms with Gasteiger partial charge in [-0.1, -0.05) is 229 Å². The van der Waals surface area contributed by atoms with Gasteiger partial charge in [0.05, 0.1) is 24.3 Å². The van der Waals surface area contributed by atoms with Gasteiger partial charge in [0.15, 0.2) is 0 Å². The second-order valence-electron chi connectivity index (χ2n) is 19.7. The normalized spacial score (nSPS) is 11.7. The van der Waals surface area contributed by atoms with E-state index < -0.39 is 0 Å². The number of nitrogens with zero attached hydrogens (tertiary/aromatic N) is 3. The topological polar surface area (TPSA) is 69.3 Å². The van der Waals surface area contributed by atoms with Crippen LogP contribution < -0.4 is 14.4 Å². The van der Waals surface area contributed by atoms with Gasteiger partial charge >= 0.3 is 0 Å². The molecule has 1 heterocycles. The van der Waals surface area contributed by atoms with E-state index >= 15 is 0 Å². The summed E-state index contributed by atoms with van der Waals surface area (Å²) in [5.41, 5.74) is 5.52. The zero-order valence-corrected chi connectivity index (χ0v) is 43.5. The Morgan fingerprint density at radius 3 is 1.29 bits per heavy atom. The van der Waals surface area contributed by atoms with E-state index in [0.717, 1.165) is 78.1 Å². The third kappa shape index (κ3) is 21.6. The van der Waals surface area contributed by atoms with E-state index in [-0.39, 0.29) is 5.57 Å². The first-order valence-electron chi connectivity index (χ1n) is 28.0. The summed E-state index contributed by atoms with van der Waals surface area (Å²) in [5, 5.41) is 20.9. The number of anilines is 1. The van der Waals surface area contributed by atoms with Gasteiger partial charge in [0, 0.05) is 42.0 Å². The average molecular weight is 940 g/mol. The molecule has 70 heavy (non-hydrogen) atoms. The molecule has 1 aliphatic heterocycles. The second kappa shape index (κ2) is 34.6. The first-order valence-corrected chi connectivity index (χ1v) is 28.0. The Morgan fingerprint density at radius 2 is 0.857 bits per heavy atom. The lowest BCUT2D eigenvalue weighted by Crippen LogP contribution is -2.36. The van der Waals surface area contributed by atoms with Crippen LogP contribution in [0.4, 0.5) is 5.69 Å². The van der Waals surface area contributed by atoms with Gasteiger partial charge in [-0.05, 0) is 78.1 Å². The van der Waals surface area contributed by atoms with Crippen molar-refractivity contribution in [3.63, 3.8) is 0 Å². The molecule has 0 bridgehead atoms. The quantitative estimate of drug-likeness (QED) is 0.0265. The van der Waals surface area contributed by atoms with Crippen molar-refractivity contribution in [2.24, 2.45) is 0 Å². The summed E-state index contributed by atoms with van der Waals surface area (Å²) in [6.45, 7) is 8.08. The van der Waals surface area contributed by atoms with Gasteiger partial charge in [-0.25, -0.2) is 0 Å². The fourth-order valence-corrected chi connectivity index (χ4v) is 9.23. The van der Waals surface area contributed by atoms with E-state index in [1.165, 1.54) is 177 Å². The molecule has 1 fully saturated rings. The third-order valence-electron chi connectivity index (χ3n) is 13.8. The summed E-state index contributed by atoms with van der Waals surface area (Å²) in [5.74, 6) is 15.2. The molecule has 4 aromatic carbocycles. The predicted molar refractivity (Wildman–Crippen MR) is 296 cm³/mol. The highest BCUT2D eigenvalue weighted by molar-refractivity contribution is 5.87. The number of hydrogen-bond acceptors (Lipinski definition) is 5. The van der Waals surface area contributed by atoms with E-state index in [9.17, 15) is 10.5 Å². The molecule has 0 saturated carbocycles. The van der Waals surface area contributed by atoms with E-state index in [1.807, 2.05) is 48.5 Å². The summed E-state index contributed by atoms with van der Waals surface area (Å²) in [7, 11) is 0. The molecule has 0 aliphatic carbocycles. The lowest BCUT2D eigenvalue weighted by Gasteiger charge is -2.33. The number of fused-ring (bicyclic) bond motifs is 1. The maximum Gasteiger partial charge on any atom is 0.136 e. The fraction of sp³-hybridized carbons (Fsp3) is 0.538. The maximum absolute atomic E-state index is 9.24. The Balaban J connectivity index is 1.25. The molecule has 5 heteroatoms. The Labute approximate surface area is 425 Å². The van der Waals surface area contributed by atoms with Crippen LogP contribution in [0.15, 0.2) is 78.4 Å². The molecule has 372 valence electrons. The SMILES string of the molecule is CCCCCCCCCCCCCCCCOc1cc(C#Cc2ccc3cc(N4CCC4)ccc3c2)c(OCCCCCCCCCCCCCCCC)cc1C#Cc1ccc(C=C(C#N)C#N)cc1. The highest BCUT2D eigenvalue weighted by Gasteiger charge is 2.15. The number of benzene rings is 4. The molecule has 0 amide bonds. The van der Waals surface area contributed by atoms with Gasteiger partial charge in [0.1, 0.15) is 29.2 Å². The summed E-state index contributed by atoms with van der Waals surface area (Å²) in [6.07, 6.45) is 39.7. The highest BCUT2D eigenvalue weighted by Crippen LogP contribution is 2.31. The number of ether oxygens (including phenoxy) is 2. The summed E-state index contributed by atoms with van der Waals surface area (Å²) in [6, 6.07) is 28.8. The molecule has 0 N–H and O–H groups in total. The Kier molecular flexibility index (Phi) is 27.4. The molecular formula is C65H85N3O2. The molecule has 5 nitrogen and oxygen atoms in total. The molecule has 0 atom stereocenters. The lowest BCUT2D eigenvalue weighted by molar-refractivity contribution is 0.295. The summed E-state index contributed by atoms with van der Waals surface area (Å²) in [4.78, 5) is 2.43. The summed E-state index contributed by atoms with van der Waals surface area (Å²) >= 11 is 0. The number of hydrogen-bond donors (Lipinski definition) is 0. The van der Waals surface area contributed by atoms with Crippen LogP contribution in [-0.4, -0.2) is 26.3 Å². The number of nitriles is 2. The van der Waals surface area contributed by atoms with Crippen LogP contribution >= 0.6 is 0 Å². The minimum atomic E-state index is 0.0704. The van der Waals surface area contributed by atoms with E-state index in [0.29, 0.717) is 13.2 Å². The van der Waals surface area contributed by atoms with Gasteiger partial charge < -0.3 is 14.4 Å². The van der Waals surface area contributed by atoms with E-state index in [1.54, 1.807) is 6.08 Å². The van der Waals surface area contributed by atoms with Crippen LogP contribution in [0.25, 0.3) is 16.8 Å². The van der Waals surface area contributed by atoms with Gasteiger partial charge in [-0.15, -0.1) is 0 Å².